The van der Waals surface area contributed by atoms with E-state index >= 15 is 0 Å². The first-order valence-electron chi connectivity index (χ1n) is 9.64. The van der Waals surface area contributed by atoms with E-state index in [2.05, 4.69) is 5.32 Å². The summed E-state index contributed by atoms with van der Waals surface area (Å²) in [5, 5.41) is 5.24. The standard InChI is InChI=1S/C23H21ClN2O2S2/c1-15(16-8-3-2-4-9-16)25-21(27)19-14-30-23(20-12-7-13-29-20)26(19)22(28)17-10-5-6-11-18(17)24/h2-13,15,19,23H,14H2,1H3,(H,25,27). The predicted octanol–water partition coefficient (Wildman–Crippen LogP) is 5.54. The van der Waals surface area contributed by atoms with Crippen molar-refractivity contribution in [3.05, 3.63) is 93.1 Å². The lowest BCUT2D eigenvalue weighted by Crippen LogP contribution is -2.48. The Morgan fingerprint density at radius 2 is 1.80 bits per heavy atom. The molecule has 3 unspecified atom stereocenters. The summed E-state index contributed by atoms with van der Waals surface area (Å²) in [5.74, 6) is 0.154. The number of halogens is 1. The van der Waals surface area contributed by atoms with Gasteiger partial charge in [0.2, 0.25) is 5.91 Å². The number of rotatable bonds is 5. The molecule has 154 valence electrons. The van der Waals surface area contributed by atoms with Gasteiger partial charge in [-0.25, -0.2) is 0 Å². The van der Waals surface area contributed by atoms with E-state index in [1.807, 2.05) is 54.8 Å². The van der Waals surface area contributed by atoms with Gasteiger partial charge >= 0.3 is 0 Å². The second kappa shape index (κ2) is 9.25. The van der Waals surface area contributed by atoms with Crippen LogP contribution in [0.5, 0.6) is 0 Å². The maximum atomic E-state index is 13.5. The molecule has 0 bridgehead atoms. The average molecular weight is 457 g/mol. The third-order valence-electron chi connectivity index (χ3n) is 5.09. The molecule has 2 aromatic carbocycles. The molecule has 1 fully saturated rings. The van der Waals surface area contributed by atoms with Gasteiger partial charge in [-0.1, -0.05) is 60.1 Å². The molecular formula is C23H21ClN2O2S2. The summed E-state index contributed by atoms with van der Waals surface area (Å²) >= 11 is 9.50. The first-order chi connectivity index (χ1) is 14.6. The molecule has 4 rings (SSSR count). The molecule has 0 aliphatic carbocycles. The second-order valence-electron chi connectivity index (χ2n) is 7.05. The van der Waals surface area contributed by atoms with Crippen LogP contribution in [0.25, 0.3) is 0 Å². The van der Waals surface area contributed by atoms with E-state index in [0.29, 0.717) is 16.3 Å². The van der Waals surface area contributed by atoms with Gasteiger partial charge in [-0.05, 0) is 36.1 Å². The zero-order valence-corrected chi connectivity index (χ0v) is 18.7. The van der Waals surface area contributed by atoms with E-state index in [1.54, 1.807) is 52.3 Å². The molecule has 1 N–H and O–H groups in total. The molecule has 2 amide bonds. The quantitative estimate of drug-likeness (QED) is 0.548. The van der Waals surface area contributed by atoms with Gasteiger partial charge in [0.15, 0.2) is 0 Å². The summed E-state index contributed by atoms with van der Waals surface area (Å²) in [6, 6.07) is 20.0. The van der Waals surface area contributed by atoms with Crippen molar-refractivity contribution in [2.45, 2.75) is 24.4 Å². The molecule has 1 saturated heterocycles. The van der Waals surface area contributed by atoms with E-state index in [4.69, 9.17) is 11.6 Å². The lowest BCUT2D eigenvalue weighted by Gasteiger charge is -2.29. The summed E-state index contributed by atoms with van der Waals surface area (Å²) in [4.78, 5) is 29.5. The third-order valence-corrected chi connectivity index (χ3v) is 7.80. The summed E-state index contributed by atoms with van der Waals surface area (Å²) in [6.07, 6.45) is 0. The fraction of sp³-hybridized carbons (Fsp3) is 0.217. The summed E-state index contributed by atoms with van der Waals surface area (Å²) in [6.45, 7) is 1.95. The molecule has 2 heterocycles. The molecule has 1 aromatic heterocycles. The topological polar surface area (TPSA) is 49.4 Å². The Balaban J connectivity index is 1.62. The van der Waals surface area contributed by atoms with Crippen LogP contribution in [0.15, 0.2) is 72.1 Å². The maximum Gasteiger partial charge on any atom is 0.257 e. The van der Waals surface area contributed by atoms with Crippen LogP contribution in [0.3, 0.4) is 0 Å². The lowest BCUT2D eigenvalue weighted by atomic mass is 10.1. The van der Waals surface area contributed by atoms with Crippen molar-refractivity contribution in [1.82, 2.24) is 10.2 Å². The molecule has 1 aliphatic rings. The van der Waals surface area contributed by atoms with Crippen LogP contribution in [0, 0.1) is 0 Å². The molecule has 7 heteroatoms. The van der Waals surface area contributed by atoms with E-state index < -0.39 is 6.04 Å². The number of hydrogen-bond acceptors (Lipinski definition) is 4. The molecule has 3 aromatic rings. The van der Waals surface area contributed by atoms with Crippen molar-refractivity contribution in [3.63, 3.8) is 0 Å². The second-order valence-corrected chi connectivity index (χ2v) is 9.55. The Bertz CT molecular complexity index is 1030. The van der Waals surface area contributed by atoms with Crippen LogP contribution >= 0.6 is 34.7 Å². The number of benzene rings is 2. The van der Waals surface area contributed by atoms with Gasteiger partial charge in [0.05, 0.1) is 16.6 Å². The molecule has 0 spiro atoms. The Labute approximate surface area is 189 Å². The number of carbonyl (C=O) groups is 2. The Hall–Kier alpha value is -2.28. The summed E-state index contributed by atoms with van der Waals surface area (Å²) in [5.41, 5.74) is 1.44. The Morgan fingerprint density at radius 1 is 1.07 bits per heavy atom. The zero-order valence-electron chi connectivity index (χ0n) is 16.3. The fourth-order valence-electron chi connectivity index (χ4n) is 3.52. The van der Waals surface area contributed by atoms with E-state index in [1.165, 1.54) is 0 Å². The molecule has 0 saturated carbocycles. The van der Waals surface area contributed by atoms with Crippen molar-refractivity contribution in [1.29, 1.82) is 0 Å². The van der Waals surface area contributed by atoms with Gasteiger partial charge in [-0.15, -0.1) is 23.1 Å². The molecule has 3 atom stereocenters. The SMILES string of the molecule is CC(NC(=O)C1CSC(c2cccs2)N1C(=O)c1ccccc1Cl)c1ccccc1. The van der Waals surface area contributed by atoms with Crippen molar-refractivity contribution in [2.75, 3.05) is 5.75 Å². The van der Waals surface area contributed by atoms with Crippen LogP contribution in [0.4, 0.5) is 0 Å². The number of thiophene rings is 1. The third kappa shape index (κ3) is 4.26. The maximum absolute atomic E-state index is 13.5. The molecule has 30 heavy (non-hydrogen) atoms. The summed E-state index contributed by atoms with van der Waals surface area (Å²) in [7, 11) is 0. The van der Waals surface area contributed by atoms with Crippen molar-refractivity contribution in [3.8, 4) is 0 Å². The van der Waals surface area contributed by atoms with Crippen molar-refractivity contribution in [2.24, 2.45) is 0 Å². The molecule has 0 radical (unpaired) electrons. The summed E-state index contributed by atoms with van der Waals surface area (Å²) < 4.78 is 0. The van der Waals surface area contributed by atoms with E-state index in [-0.39, 0.29) is 23.2 Å². The van der Waals surface area contributed by atoms with E-state index in [9.17, 15) is 9.59 Å². The monoisotopic (exact) mass is 456 g/mol. The van der Waals surface area contributed by atoms with Crippen LogP contribution in [-0.4, -0.2) is 28.5 Å². The predicted molar refractivity (Wildman–Crippen MR) is 124 cm³/mol. The normalized spacial score (nSPS) is 19.5. The average Bonchev–Trinajstić information content (AvgIpc) is 3.44. The molecule has 1 aliphatic heterocycles. The number of carbonyl (C=O) groups excluding carboxylic acids is 2. The van der Waals surface area contributed by atoms with Crippen molar-refractivity contribution >= 4 is 46.5 Å². The number of thioether (sulfide) groups is 1. The van der Waals surface area contributed by atoms with Crippen LogP contribution < -0.4 is 5.32 Å². The minimum atomic E-state index is -0.572. The minimum absolute atomic E-state index is 0.151. The van der Waals surface area contributed by atoms with Crippen molar-refractivity contribution < 1.29 is 9.59 Å². The van der Waals surface area contributed by atoms with Gasteiger partial charge < -0.3 is 10.2 Å². The Morgan fingerprint density at radius 3 is 2.50 bits per heavy atom. The number of nitrogens with zero attached hydrogens (tertiary/aromatic N) is 1. The highest BCUT2D eigenvalue weighted by Gasteiger charge is 2.43. The number of nitrogens with one attached hydrogen (secondary N) is 1. The molecular weight excluding hydrogens is 436 g/mol. The van der Waals surface area contributed by atoms with E-state index in [0.717, 1.165) is 10.4 Å². The van der Waals surface area contributed by atoms with Gasteiger partial charge in [0.1, 0.15) is 11.4 Å². The zero-order chi connectivity index (χ0) is 21.1. The van der Waals surface area contributed by atoms with Crippen LogP contribution in [0.2, 0.25) is 5.02 Å². The van der Waals surface area contributed by atoms with Gasteiger partial charge in [0, 0.05) is 10.6 Å². The fourth-order valence-corrected chi connectivity index (χ4v) is 6.13. The van der Waals surface area contributed by atoms with Gasteiger partial charge in [-0.2, -0.15) is 0 Å². The molecule has 4 nitrogen and oxygen atoms in total. The first-order valence-corrected chi connectivity index (χ1v) is 11.9. The van der Waals surface area contributed by atoms with Crippen LogP contribution in [-0.2, 0) is 4.79 Å². The number of hydrogen-bond donors (Lipinski definition) is 1. The Kier molecular flexibility index (Phi) is 6.46. The minimum Gasteiger partial charge on any atom is -0.348 e. The highest BCUT2D eigenvalue weighted by Crippen LogP contribution is 2.44. The van der Waals surface area contributed by atoms with Crippen LogP contribution in [0.1, 0.15) is 39.1 Å². The highest BCUT2D eigenvalue weighted by molar-refractivity contribution is 7.99. The highest BCUT2D eigenvalue weighted by atomic mass is 35.5. The first kappa shape index (κ1) is 21.0. The smallest absolute Gasteiger partial charge is 0.257 e. The van der Waals surface area contributed by atoms with Gasteiger partial charge in [0.25, 0.3) is 5.91 Å². The van der Waals surface area contributed by atoms with Gasteiger partial charge in [-0.3, -0.25) is 9.59 Å². The largest absolute Gasteiger partial charge is 0.348 e. The lowest BCUT2D eigenvalue weighted by molar-refractivity contribution is -0.125. The number of amides is 2.